The first-order valence-electron chi connectivity index (χ1n) is 6.87. The summed E-state index contributed by atoms with van der Waals surface area (Å²) in [5, 5.41) is 0. The van der Waals surface area contributed by atoms with E-state index in [4.69, 9.17) is 5.73 Å². The maximum Gasteiger partial charge on any atom is 0.0338 e. The first-order valence-corrected chi connectivity index (χ1v) is 6.87. The Morgan fingerprint density at radius 1 is 0.895 bits per heavy atom. The Morgan fingerprint density at radius 3 is 2.05 bits per heavy atom. The van der Waals surface area contributed by atoms with Crippen LogP contribution in [0.3, 0.4) is 0 Å². The highest BCUT2D eigenvalue weighted by Crippen LogP contribution is 2.24. The van der Waals surface area contributed by atoms with Crippen LogP contribution in [0.5, 0.6) is 0 Å². The van der Waals surface area contributed by atoms with Gasteiger partial charge in [-0.2, -0.15) is 0 Å². The van der Waals surface area contributed by atoms with Crippen molar-refractivity contribution in [3.8, 4) is 0 Å². The van der Waals surface area contributed by atoms with Crippen LogP contribution in [0.4, 0.5) is 0 Å². The number of hydrogen-bond acceptors (Lipinski definition) is 1. The van der Waals surface area contributed by atoms with Gasteiger partial charge in [-0.05, 0) is 61.9 Å². The van der Waals surface area contributed by atoms with Crippen molar-refractivity contribution in [3.63, 3.8) is 0 Å². The molecule has 0 amide bonds. The minimum atomic E-state index is 0.0707. The third-order valence-electron chi connectivity index (χ3n) is 3.85. The van der Waals surface area contributed by atoms with Crippen LogP contribution in [-0.4, -0.2) is 0 Å². The number of benzene rings is 2. The molecule has 1 atom stereocenters. The van der Waals surface area contributed by atoms with E-state index in [1.54, 1.807) is 0 Å². The van der Waals surface area contributed by atoms with Crippen LogP contribution in [0.15, 0.2) is 36.4 Å². The van der Waals surface area contributed by atoms with Crippen LogP contribution in [-0.2, 0) is 6.42 Å². The van der Waals surface area contributed by atoms with Gasteiger partial charge in [0.25, 0.3) is 0 Å². The summed E-state index contributed by atoms with van der Waals surface area (Å²) in [4.78, 5) is 0. The lowest BCUT2D eigenvalue weighted by Gasteiger charge is -2.18. The van der Waals surface area contributed by atoms with Gasteiger partial charge in [-0.1, -0.05) is 42.0 Å². The molecule has 0 bridgehead atoms. The summed E-state index contributed by atoms with van der Waals surface area (Å²) in [6, 6.07) is 13.0. The van der Waals surface area contributed by atoms with Crippen molar-refractivity contribution < 1.29 is 0 Å². The van der Waals surface area contributed by atoms with Crippen LogP contribution in [0, 0.1) is 27.7 Å². The van der Waals surface area contributed by atoms with E-state index in [0.717, 1.165) is 6.42 Å². The fraction of sp³-hybridized carbons (Fsp3) is 0.333. The van der Waals surface area contributed by atoms with Gasteiger partial charge in [-0.25, -0.2) is 0 Å². The molecule has 0 aromatic heterocycles. The molecule has 1 heteroatoms. The molecule has 0 saturated heterocycles. The molecule has 0 aliphatic carbocycles. The largest absolute Gasteiger partial charge is 0.324 e. The summed E-state index contributed by atoms with van der Waals surface area (Å²) < 4.78 is 0. The number of aryl methyl sites for hydroxylation is 4. The zero-order chi connectivity index (χ0) is 14.0. The second-order valence-electron chi connectivity index (χ2n) is 5.54. The van der Waals surface area contributed by atoms with Gasteiger partial charge in [-0.15, -0.1) is 0 Å². The second kappa shape index (κ2) is 5.58. The average molecular weight is 253 g/mol. The smallest absolute Gasteiger partial charge is 0.0338 e. The standard InChI is InChI=1S/C18H23N/c1-12-9-14(3)17(15(4)10-12)11-18(19)16-8-6-5-7-13(16)2/h5-10,18H,11,19H2,1-4H3. The lowest BCUT2D eigenvalue weighted by Crippen LogP contribution is -2.16. The minimum Gasteiger partial charge on any atom is -0.324 e. The van der Waals surface area contributed by atoms with E-state index in [9.17, 15) is 0 Å². The quantitative estimate of drug-likeness (QED) is 0.873. The number of rotatable bonds is 3. The molecule has 2 rings (SSSR count). The molecular formula is C18H23N. The number of nitrogens with two attached hydrogens (primary N) is 1. The molecule has 0 fully saturated rings. The zero-order valence-corrected chi connectivity index (χ0v) is 12.3. The van der Waals surface area contributed by atoms with Crippen molar-refractivity contribution in [1.29, 1.82) is 0 Å². The predicted molar refractivity (Wildman–Crippen MR) is 82.5 cm³/mol. The highest BCUT2D eigenvalue weighted by Gasteiger charge is 2.12. The zero-order valence-electron chi connectivity index (χ0n) is 12.3. The van der Waals surface area contributed by atoms with Crippen LogP contribution in [0.25, 0.3) is 0 Å². The van der Waals surface area contributed by atoms with Gasteiger partial charge in [0.1, 0.15) is 0 Å². The van der Waals surface area contributed by atoms with Gasteiger partial charge < -0.3 is 5.73 Å². The van der Waals surface area contributed by atoms with E-state index in [1.807, 2.05) is 0 Å². The Bertz CT molecular complexity index is 561. The molecule has 0 saturated carbocycles. The molecule has 2 aromatic carbocycles. The summed E-state index contributed by atoms with van der Waals surface area (Å²) >= 11 is 0. The lowest BCUT2D eigenvalue weighted by atomic mass is 9.91. The lowest BCUT2D eigenvalue weighted by molar-refractivity contribution is 0.710. The van der Waals surface area contributed by atoms with Gasteiger partial charge in [0, 0.05) is 6.04 Å². The summed E-state index contributed by atoms with van der Waals surface area (Å²) in [6.07, 6.45) is 0.906. The summed E-state index contributed by atoms with van der Waals surface area (Å²) in [5.41, 5.74) is 14.3. The van der Waals surface area contributed by atoms with E-state index < -0.39 is 0 Å². The first-order chi connectivity index (χ1) is 8.99. The third kappa shape index (κ3) is 3.05. The molecule has 1 unspecified atom stereocenters. The predicted octanol–water partition coefficient (Wildman–Crippen LogP) is 4.16. The van der Waals surface area contributed by atoms with Crippen molar-refractivity contribution in [1.82, 2.24) is 0 Å². The second-order valence-corrected chi connectivity index (χ2v) is 5.54. The Labute approximate surface area is 116 Å². The van der Waals surface area contributed by atoms with Crippen molar-refractivity contribution in [2.45, 2.75) is 40.2 Å². The molecule has 2 aromatic rings. The van der Waals surface area contributed by atoms with Crippen LogP contribution in [0.2, 0.25) is 0 Å². The van der Waals surface area contributed by atoms with E-state index in [0.29, 0.717) is 0 Å². The Hall–Kier alpha value is -1.60. The van der Waals surface area contributed by atoms with E-state index in [-0.39, 0.29) is 6.04 Å². The van der Waals surface area contributed by atoms with Gasteiger partial charge in [0.05, 0.1) is 0 Å². The van der Waals surface area contributed by atoms with Crippen molar-refractivity contribution in [2.24, 2.45) is 5.73 Å². The molecule has 0 heterocycles. The third-order valence-corrected chi connectivity index (χ3v) is 3.85. The monoisotopic (exact) mass is 253 g/mol. The maximum atomic E-state index is 6.40. The molecule has 1 nitrogen and oxygen atoms in total. The first kappa shape index (κ1) is 13.8. The molecular weight excluding hydrogens is 230 g/mol. The highest BCUT2D eigenvalue weighted by atomic mass is 14.6. The summed E-state index contributed by atoms with van der Waals surface area (Å²) in [7, 11) is 0. The maximum absolute atomic E-state index is 6.40. The van der Waals surface area contributed by atoms with E-state index in [2.05, 4.69) is 64.1 Å². The normalized spacial score (nSPS) is 12.5. The Morgan fingerprint density at radius 2 is 1.47 bits per heavy atom. The van der Waals surface area contributed by atoms with Crippen LogP contribution in [0.1, 0.15) is 39.4 Å². The molecule has 19 heavy (non-hydrogen) atoms. The average Bonchev–Trinajstić information content (AvgIpc) is 2.34. The fourth-order valence-electron chi connectivity index (χ4n) is 2.86. The molecule has 0 spiro atoms. The molecule has 0 aliphatic heterocycles. The van der Waals surface area contributed by atoms with Crippen LogP contribution >= 0.6 is 0 Å². The van der Waals surface area contributed by atoms with Gasteiger partial charge in [0.2, 0.25) is 0 Å². The van der Waals surface area contributed by atoms with Crippen LogP contribution < -0.4 is 5.73 Å². The number of hydrogen-bond donors (Lipinski definition) is 1. The topological polar surface area (TPSA) is 26.0 Å². The molecule has 2 N–H and O–H groups in total. The Balaban J connectivity index is 2.29. The minimum absolute atomic E-state index is 0.0707. The summed E-state index contributed by atoms with van der Waals surface area (Å²) in [5.74, 6) is 0. The van der Waals surface area contributed by atoms with E-state index in [1.165, 1.54) is 33.4 Å². The van der Waals surface area contributed by atoms with E-state index >= 15 is 0 Å². The van der Waals surface area contributed by atoms with Gasteiger partial charge in [-0.3, -0.25) is 0 Å². The molecule has 100 valence electrons. The van der Waals surface area contributed by atoms with Gasteiger partial charge in [0.15, 0.2) is 0 Å². The molecule has 0 radical (unpaired) electrons. The van der Waals surface area contributed by atoms with Crippen molar-refractivity contribution in [3.05, 3.63) is 69.8 Å². The fourth-order valence-corrected chi connectivity index (χ4v) is 2.86. The SMILES string of the molecule is Cc1cc(C)c(CC(N)c2ccccc2C)c(C)c1. The summed E-state index contributed by atoms with van der Waals surface area (Å²) in [6.45, 7) is 8.63. The van der Waals surface area contributed by atoms with Crippen molar-refractivity contribution in [2.75, 3.05) is 0 Å². The molecule has 0 aliphatic rings. The highest BCUT2D eigenvalue weighted by molar-refractivity contribution is 5.39. The Kier molecular flexibility index (Phi) is 4.06. The van der Waals surface area contributed by atoms with Gasteiger partial charge >= 0.3 is 0 Å². The van der Waals surface area contributed by atoms with Crippen molar-refractivity contribution >= 4 is 0 Å².